The smallest absolute Gasteiger partial charge is 0.264 e. The number of ketones is 1. The molecule has 3 aromatic rings. The van der Waals surface area contributed by atoms with Crippen LogP contribution in [-0.2, 0) is 16.9 Å². The van der Waals surface area contributed by atoms with Crippen molar-refractivity contribution in [2.24, 2.45) is 0 Å². The molecule has 2 aromatic carbocycles. The van der Waals surface area contributed by atoms with Gasteiger partial charge in [-0.25, -0.2) is 0 Å². The van der Waals surface area contributed by atoms with Crippen LogP contribution in [0.15, 0.2) is 60.7 Å². The third-order valence-corrected chi connectivity index (χ3v) is 6.22. The molecular formula is C22H18ClNO3S. The van der Waals surface area contributed by atoms with Crippen molar-refractivity contribution < 1.29 is 14.7 Å². The molecule has 0 saturated heterocycles. The molecule has 0 saturated carbocycles. The van der Waals surface area contributed by atoms with Crippen molar-refractivity contribution in [3.63, 3.8) is 0 Å². The Morgan fingerprint density at radius 1 is 1.11 bits per heavy atom. The van der Waals surface area contributed by atoms with Gasteiger partial charge in [0.1, 0.15) is 0 Å². The molecule has 28 heavy (non-hydrogen) atoms. The van der Waals surface area contributed by atoms with Crippen LogP contribution in [0, 0.1) is 6.92 Å². The topological polar surface area (TPSA) is 57.6 Å². The summed E-state index contributed by atoms with van der Waals surface area (Å²) >= 11 is 7.31. The lowest BCUT2D eigenvalue weighted by Crippen LogP contribution is -2.41. The number of carbonyl (C=O) groups is 2. The van der Waals surface area contributed by atoms with Crippen LogP contribution in [0.1, 0.15) is 32.1 Å². The number of nitrogens with zero attached hydrogens (tertiary/aromatic N) is 1. The average molecular weight is 412 g/mol. The summed E-state index contributed by atoms with van der Waals surface area (Å²) in [4.78, 5) is 29.1. The molecule has 4 rings (SSSR count). The summed E-state index contributed by atoms with van der Waals surface area (Å²) in [6, 6.07) is 17.9. The van der Waals surface area contributed by atoms with Crippen molar-refractivity contribution in [2.75, 3.05) is 4.90 Å². The molecule has 1 aromatic heterocycles. The van der Waals surface area contributed by atoms with E-state index in [1.807, 2.05) is 31.2 Å². The highest BCUT2D eigenvalue weighted by atomic mass is 35.5. The molecule has 1 atom stereocenters. The number of halogens is 1. The van der Waals surface area contributed by atoms with Crippen LogP contribution in [0.3, 0.4) is 0 Å². The van der Waals surface area contributed by atoms with Gasteiger partial charge < -0.3 is 10.0 Å². The van der Waals surface area contributed by atoms with E-state index in [0.717, 1.165) is 10.4 Å². The number of rotatable bonds is 5. The standard InChI is InChI=1S/C22H18ClNO3S/c1-14-6-11-20(28-14)19(25)12-22(27)17-4-2-3-5-18(17)24(21(22)26)13-15-7-9-16(23)10-8-15/h2-11,27H,12-13H2,1H3/t22-/m0/s1. The Morgan fingerprint density at radius 2 is 1.82 bits per heavy atom. The number of fused-ring (bicyclic) bond motifs is 1. The molecule has 1 aliphatic rings. The molecule has 0 bridgehead atoms. The molecule has 0 radical (unpaired) electrons. The second kappa shape index (κ2) is 7.17. The zero-order chi connectivity index (χ0) is 19.9. The minimum Gasteiger partial charge on any atom is -0.375 e. The van der Waals surface area contributed by atoms with Crippen LogP contribution in [0.25, 0.3) is 0 Å². The molecule has 0 spiro atoms. The molecule has 142 valence electrons. The second-order valence-corrected chi connectivity index (χ2v) is 8.63. The second-order valence-electron chi connectivity index (χ2n) is 6.91. The van der Waals surface area contributed by atoms with E-state index in [4.69, 9.17) is 11.6 Å². The fourth-order valence-corrected chi connectivity index (χ4v) is 4.44. The first-order valence-electron chi connectivity index (χ1n) is 8.86. The SMILES string of the molecule is Cc1ccc(C(=O)C[C@@]2(O)C(=O)N(Cc3ccc(Cl)cc3)c3ccccc32)s1. The Bertz CT molecular complexity index is 1060. The predicted molar refractivity (Wildman–Crippen MR) is 111 cm³/mol. The Kier molecular flexibility index (Phi) is 4.83. The van der Waals surface area contributed by atoms with Crippen LogP contribution in [0.5, 0.6) is 0 Å². The fourth-order valence-electron chi connectivity index (χ4n) is 3.51. The maximum atomic E-state index is 13.2. The molecule has 0 unspecified atom stereocenters. The van der Waals surface area contributed by atoms with Gasteiger partial charge in [0, 0.05) is 15.5 Å². The van der Waals surface area contributed by atoms with Gasteiger partial charge in [-0.2, -0.15) is 0 Å². The summed E-state index contributed by atoms with van der Waals surface area (Å²) in [5.74, 6) is -0.720. The minimum absolute atomic E-state index is 0.239. The summed E-state index contributed by atoms with van der Waals surface area (Å²) in [5.41, 5.74) is 0.116. The van der Waals surface area contributed by atoms with Gasteiger partial charge in [0.15, 0.2) is 11.4 Å². The number of anilines is 1. The van der Waals surface area contributed by atoms with Crippen molar-refractivity contribution in [1.82, 2.24) is 0 Å². The first kappa shape index (κ1) is 18.9. The van der Waals surface area contributed by atoms with Gasteiger partial charge >= 0.3 is 0 Å². The largest absolute Gasteiger partial charge is 0.375 e. The van der Waals surface area contributed by atoms with Crippen molar-refractivity contribution >= 4 is 40.3 Å². The number of thiophene rings is 1. The van der Waals surface area contributed by atoms with Crippen molar-refractivity contribution in [2.45, 2.75) is 25.5 Å². The Hall–Kier alpha value is -2.47. The molecule has 1 amide bonds. The quantitative estimate of drug-likeness (QED) is 0.618. The van der Waals surface area contributed by atoms with Gasteiger partial charge in [-0.05, 0) is 42.8 Å². The summed E-state index contributed by atoms with van der Waals surface area (Å²) in [5, 5.41) is 11.9. The molecule has 4 nitrogen and oxygen atoms in total. The van der Waals surface area contributed by atoms with Crippen LogP contribution in [-0.4, -0.2) is 16.8 Å². The number of hydrogen-bond donors (Lipinski definition) is 1. The highest BCUT2D eigenvalue weighted by Gasteiger charge is 2.50. The number of aliphatic hydroxyl groups is 1. The first-order valence-corrected chi connectivity index (χ1v) is 10.1. The lowest BCUT2D eigenvalue weighted by molar-refractivity contribution is -0.136. The maximum absolute atomic E-state index is 13.2. The molecule has 0 aliphatic carbocycles. The minimum atomic E-state index is -1.86. The number of aryl methyl sites for hydroxylation is 1. The van der Waals surface area contributed by atoms with Crippen LogP contribution in [0.4, 0.5) is 5.69 Å². The van der Waals surface area contributed by atoms with E-state index >= 15 is 0 Å². The Balaban J connectivity index is 1.67. The molecule has 1 N–H and O–H groups in total. The summed E-state index contributed by atoms with van der Waals surface area (Å²) in [7, 11) is 0. The van der Waals surface area contributed by atoms with Gasteiger partial charge in [0.05, 0.1) is 23.5 Å². The molecule has 0 fully saturated rings. The number of hydrogen-bond acceptors (Lipinski definition) is 4. The van der Waals surface area contributed by atoms with Gasteiger partial charge in [0.25, 0.3) is 5.91 Å². The third-order valence-electron chi connectivity index (χ3n) is 4.92. The fraction of sp³-hybridized carbons (Fsp3) is 0.182. The maximum Gasteiger partial charge on any atom is 0.264 e. The highest BCUT2D eigenvalue weighted by Crippen LogP contribution is 2.43. The zero-order valence-electron chi connectivity index (χ0n) is 15.2. The zero-order valence-corrected chi connectivity index (χ0v) is 16.8. The first-order chi connectivity index (χ1) is 13.4. The normalized spacial score (nSPS) is 18.4. The van der Waals surface area contributed by atoms with E-state index in [9.17, 15) is 14.7 Å². The number of benzene rings is 2. The third kappa shape index (κ3) is 3.26. The van der Waals surface area contributed by atoms with E-state index in [2.05, 4.69) is 0 Å². The van der Waals surface area contributed by atoms with E-state index in [0.29, 0.717) is 27.7 Å². The molecule has 1 aliphatic heterocycles. The van der Waals surface area contributed by atoms with Crippen LogP contribution < -0.4 is 4.90 Å². The summed E-state index contributed by atoms with van der Waals surface area (Å²) in [6.07, 6.45) is -0.278. The summed E-state index contributed by atoms with van der Waals surface area (Å²) < 4.78 is 0. The monoisotopic (exact) mass is 411 g/mol. The lowest BCUT2D eigenvalue weighted by Gasteiger charge is -2.22. The number of amides is 1. The van der Waals surface area contributed by atoms with Gasteiger partial charge in [-0.3, -0.25) is 9.59 Å². The Morgan fingerprint density at radius 3 is 2.50 bits per heavy atom. The van der Waals surface area contributed by atoms with Gasteiger partial charge in [0.2, 0.25) is 0 Å². The van der Waals surface area contributed by atoms with E-state index in [-0.39, 0.29) is 12.2 Å². The number of Topliss-reactive ketones (excluding diaryl/α,β-unsaturated/α-hetero) is 1. The van der Waals surface area contributed by atoms with Crippen LogP contribution >= 0.6 is 22.9 Å². The van der Waals surface area contributed by atoms with Gasteiger partial charge in [-0.1, -0.05) is 41.9 Å². The predicted octanol–water partition coefficient (Wildman–Crippen LogP) is 4.72. The molecular weight excluding hydrogens is 394 g/mol. The number of carbonyl (C=O) groups excluding carboxylic acids is 2. The van der Waals surface area contributed by atoms with Crippen LogP contribution in [0.2, 0.25) is 5.02 Å². The van der Waals surface area contributed by atoms with Gasteiger partial charge in [-0.15, -0.1) is 11.3 Å². The van der Waals surface area contributed by atoms with Crippen molar-refractivity contribution in [3.05, 3.63) is 86.6 Å². The van der Waals surface area contributed by atoms with Crippen molar-refractivity contribution in [1.29, 1.82) is 0 Å². The molecule has 2 heterocycles. The Labute approximate surface area is 172 Å². The highest BCUT2D eigenvalue weighted by molar-refractivity contribution is 7.14. The number of para-hydroxylation sites is 1. The van der Waals surface area contributed by atoms with E-state index in [1.54, 1.807) is 36.4 Å². The lowest BCUT2D eigenvalue weighted by atomic mass is 9.89. The average Bonchev–Trinajstić information content (AvgIpc) is 3.20. The summed E-state index contributed by atoms with van der Waals surface area (Å²) in [6.45, 7) is 2.21. The molecule has 6 heteroatoms. The van der Waals surface area contributed by atoms with E-state index in [1.165, 1.54) is 16.2 Å². The van der Waals surface area contributed by atoms with E-state index < -0.39 is 11.5 Å². The van der Waals surface area contributed by atoms with Crippen molar-refractivity contribution in [3.8, 4) is 0 Å².